The molecule has 11 heavy (non-hydrogen) atoms. The Hall–Kier alpha value is -0.570. The van der Waals surface area contributed by atoms with E-state index in [1.165, 1.54) is 0 Å². The highest BCUT2D eigenvalue weighted by Gasteiger charge is 2.38. The van der Waals surface area contributed by atoms with Crippen molar-refractivity contribution in [1.29, 1.82) is 0 Å². The number of ether oxygens (including phenoxy) is 1. The highest BCUT2D eigenvalue weighted by molar-refractivity contribution is 5.77. The van der Waals surface area contributed by atoms with Crippen LogP contribution in [-0.2, 0) is 9.53 Å². The molecular formula is C8H15NO2. The van der Waals surface area contributed by atoms with Crippen LogP contribution in [-0.4, -0.2) is 18.1 Å². The molecule has 3 nitrogen and oxygen atoms in total. The third kappa shape index (κ3) is 1.71. The van der Waals surface area contributed by atoms with E-state index in [4.69, 9.17) is 10.5 Å². The van der Waals surface area contributed by atoms with Crippen LogP contribution >= 0.6 is 0 Å². The molecule has 0 unspecified atom stereocenters. The van der Waals surface area contributed by atoms with Gasteiger partial charge in [-0.15, -0.1) is 0 Å². The Morgan fingerprint density at radius 3 is 2.27 bits per heavy atom. The molecule has 1 aliphatic rings. The average molecular weight is 157 g/mol. The van der Waals surface area contributed by atoms with Gasteiger partial charge in [-0.05, 0) is 5.41 Å². The standard InChI is InChI=1S/C8H15NO2/c1-8(2,3)6-4-5(9)7(10)11-6/h5-6H,4,9H2,1-3H3/t5-,6-/m1/s1. The van der Waals surface area contributed by atoms with Crippen molar-refractivity contribution in [2.45, 2.75) is 39.3 Å². The quantitative estimate of drug-likeness (QED) is 0.526. The zero-order valence-electron chi connectivity index (χ0n) is 7.26. The van der Waals surface area contributed by atoms with E-state index in [1.54, 1.807) is 0 Å². The van der Waals surface area contributed by atoms with Crippen molar-refractivity contribution >= 4 is 5.97 Å². The van der Waals surface area contributed by atoms with Gasteiger partial charge in [-0.3, -0.25) is 4.79 Å². The maximum atomic E-state index is 10.9. The molecule has 2 N–H and O–H groups in total. The van der Waals surface area contributed by atoms with Crippen LogP contribution in [0.15, 0.2) is 0 Å². The number of cyclic esters (lactones) is 1. The fourth-order valence-corrected chi connectivity index (χ4v) is 1.13. The van der Waals surface area contributed by atoms with Gasteiger partial charge in [-0.25, -0.2) is 0 Å². The van der Waals surface area contributed by atoms with E-state index in [0.29, 0.717) is 6.42 Å². The molecule has 0 amide bonds. The van der Waals surface area contributed by atoms with Crippen molar-refractivity contribution in [1.82, 2.24) is 0 Å². The van der Waals surface area contributed by atoms with Gasteiger partial charge >= 0.3 is 5.97 Å². The molecular weight excluding hydrogens is 142 g/mol. The zero-order chi connectivity index (χ0) is 8.65. The Kier molecular flexibility index (Phi) is 1.92. The van der Waals surface area contributed by atoms with Gasteiger partial charge in [0.25, 0.3) is 0 Å². The molecule has 0 spiro atoms. The fraction of sp³-hybridized carbons (Fsp3) is 0.875. The van der Waals surface area contributed by atoms with Crippen molar-refractivity contribution in [3.05, 3.63) is 0 Å². The lowest BCUT2D eigenvalue weighted by molar-refractivity contribution is -0.145. The van der Waals surface area contributed by atoms with Crippen LogP contribution in [0.25, 0.3) is 0 Å². The van der Waals surface area contributed by atoms with Gasteiger partial charge in [-0.2, -0.15) is 0 Å². The predicted molar refractivity (Wildman–Crippen MR) is 41.9 cm³/mol. The summed E-state index contributed by atoms with van der Waals surface area (Å²) in [5, 5.41) is 0. The molecule has 0 aliphatic carbocycles. The minimum Gasteiger partial charge on any atom is -0.461 e. The number of carbonyl (C=O) groups excluding carboxylic acids is 1. The number of carbonyl (C=O) groups is 1. The Morgan fingerprint density at radius 2 is 2.09 bits per heavy atom. The van der Waals surface area contributed by atoms with Gasteiger partial charge < -0.3 is 10.5 Å². The summed E-state index contributed by atoms with van der Waals surface area (Å²) in [5.74, 6) is -0.259. The first-order valence-electron chi connectivity index (χ1n) is 3.87. The molecule has 64 valence electrons. The number of esters is 1. The number of hydrogen-bond acceptors (Lipinski definition) is 3. The van der Waals surface area contributed by atoms with Crippen LogP contribution in [0.1, 0.15) is 27.2 Å². The summed E-state index contributed by atoms with van der Waals surface area (Å²) in [5.41, 5.74) is 5.51. The molecule has 0 aromatic rings. The van der Waals surface area contributed by atoms with Gasteiger partial charge in [0.15, 0.2) is 0 Å². The van der Waals surface area contributed by atoms with E-state index in [9.17, 15) is 4.79 Å². The van der Waals surface area contributed by atoms with Crippen molar-refractivity contribution in [2.75, 3.05) is 0 Å². The molecule has 2 atom stereocenters. The molecule has 3 heteroatoms. The maximum Gasteiger partial charge on any atom is 0.323 e. The summed E-state index contributed by atoms with van der Waals surface area (Å²) >= 11 is 0. The third-order valence-electron chi connectivity index (χ3n) is 2.00. The van der Waals surface area contributed by atoms with E-state index in [1.807, 2.05) is 20.8 Å². The molecule has 0 saturated carbocycles. The molecule has 1 heterocycles. The lowest BCUT2D eigenvalue weighted by atomic mass is 9.87. The maximum absolute atomic E-state index is 10.9. The molecule has 0 aromatic carbocycles. The highest BCUT2D eigenvalue weighted by Crippen LogP contribution is 2.29. The van der Waals surface area contributed by atoms with Crippen molar-refractivity contribution in [2.24, 2.45) is 11.1 Å². The van der Waals surface area contributed by atoms with Gasteiger partial charge in [-0.1, -0.05) is 20.8 Å². The Labute approximate surface area is 66.9 Å². The Morgan fingerprint density at radius 1 is 1.55 bits per heavy atom. The normalized spacial score (nSPS) is 32.2. The fourth-order valence-electron chi connectivity index (χ4n) is 1.13. The summed E-state index contributed by atoms with van der Waals surface area (Å²) in [7, 11) is 0. The summed E-state index contributed by atoms with van der Waals surface area (Å²) in [6, 6.07) is -0.403. The summed E-state index contributed by atoms with van der Waals surface area (Å²) in [6.45, 7) is 6.13. The van der Waals surface area contributed by atoms with E-state index in [0.717, 1.165) is 0 Å². The SMILES string of the molecule is CC(C)(C)[C@H]1C[C@@H](N)C(=O)O1. The first-order valence-corrected chi connectivity index (χ1v) is 3.87. The number of rotatable bonds is 0. The largest absolute Gasteiger partial charge is 0.461 e. The van der Waals surface area contributed by atoms with Crippen LogP contribution in [0.5, 0.6) is 0 Å². The topological polar surface area (TPSA) is 52.3 Å². The van der Waals surface area contributed by atoms with Gasteiger partial charge in [0.1, 0.15) is 12.1 Å². The molecule has 0 radical (unpaired) electrons. The molecule has 1 fully saturated rings. The third-order valence-corrected chi connectivity index (χ3v) is 2.00. The minimum absolute atomic E-state index is 0.00926. The van der Waals surface area contributed by atoms with Crippen LogP contribution in [0.4, 0.5) is 0 Å². The smallest absolute Gasteiger partial charge is 0.323 e. The van der Waals surface area contributed by atoms with Gasteiger partial charge in [0.2, 0.25) is 0 Å². The Balaban J connectivity index is 2.61. The Bertz CT molecular complexity index is 171. The number of hydrogen-bond donors (Lipinski definition) is 1. The second-order valence-corrected chi connectivity index (χ2v) is 4.13. The number of nitrogens with two attached hydrogens (primary N) is 1. The van der Waals surface area contributed by atoms with Crippen molar-refractivity contribution in [3.63, 3.8) is 0 Å². The van der Waals surface area contributed by atoms with Crippen LogP contribution in [0.3, 0.4) is 0 Å². The van der Waals surface area contributed by atoms with E-state index < -0.39 is 6.04 Å². The molecule has 1 saturated heterocycles. The second kappa shape index (κ2) is 2.48. The van der Waals surface area contributed by atoms with Crippen LogP contribution in [0.2, 0.25) is 0 Å². The summed E-state index contributed by atoms with van der Waals surface area (Å²) < 4.78 is 5.07. The molecule has 1 rings (SSSR count). The first kappa shape index (κ1) is 8.53. The molecule has 1 aliphatic heterocycles. The van der Waals surface area contributed by atoms with Gasteiger partial charge in [0.05, 0.1) is 0 Å². The second-order valence-electron chi connectivity index (χ2n) is 4.13. The highest BCUT2D eigenvalue weighted by atomic mass is 16.6. The minimum atomic E-state index is -0.403. The van der Waals surface area contributed by atoms with Crippen LogP contribution in [0, 0.1) is 5.41 Å². The first-order chi connectivity index (χ1) is 4.91. The molecule has 0 aromatic heterocycles. The monoisotopic (exact) mass is 157 g/mol. The summed E-state index contributed by atoms with van der Waals surface area (Å²) in [4.78, 5) is 10.9. The zero-order valence-corrected chi connectivity index (χ0v) is 7.26. The van der Waals surface area contributed by atoms with Crippen LogP contribution < -0.4 is 5.73 Å². The average Bonchev–Trinajstić information content (AvgIpc) is 2.11. The van der Waals surface area contributed by atoms with E-state index >= 15 is 0 Å². The van der Waals surface area contributed by atoms with E-state index in [2.05, 4.69) is 0 Å². The van der Waals surface area contributed by atoms with Crippen molar-refractivity contribution in [3.8, 4) is 0 Å². The lowest BCUT2D eigenvalue weighted by Crippen LogP contribution is -2.27. The van der Waals surface area contributed by atoms with Crippen molar-refractivity contribution < 1.29 is 9.53 Å². The van der Waals surface area contributed by atoms with Gasteiger partial charge in [0, 0.05) is 6.42 Å². The van der Waals surface area contributed by atoms with E-state index in [-0.39, 0.29) is 17.5 Å². The predicted octanol–water partition coefficient (Wildman–Crippen LogP) is 0.675. The molecule has 0 bridgehead atoms. The lowest BCUT2D eigenvalue weighted by Gasteiger charge is -2.24. The summed E-state index contributed by atoms with van der Waals surface area (Å²) in [6.07, 6.45) is 0.646.